The Labute approximate surface area is 168 Å². The topological polar surface area (TPSA) is 64.3 Å². The normalized spacial score (nSPS) is 10.9. The van der Waals surface area contributed by atoms with Gasteiger partial charge in [-0.1, -0.05) is 0 Å². The van der Waals surface area contributed by atoms with E-state index in [-0.39, 0.29) is 12.4 Å². The second kappa shape index (κ2) is 7.47. The Bertz CT molecular complexity index is 1100. The van der Waals surface area contributed by atoms with Gasteiger partial charge in [-0.3, -0.25) is 9.38 Å². The monoisotopic (exact) mass is 475 g/mol. The molecule has 0 bridgehead atoms. The van der Waals surface area contributed by atoms with E-state index in [1.165, 1.54) is 13.2 Å². The molecule has 3 aromatic heterocycles. The molecule has 0 saturated carbocycles. The highest BCUT2D eigenvalue weighted by atomic mass is 127. The zero-order valence-corrected chi connectivity index (χ0v) is 16.5. The van der Waals surface area contributed by atoms with Gasteiger partial charge in [0.2, 0.25) is 0 Å². The third-order valence-corrected chi connectivity index (χ3v) is 4.86. The molecule has 1 N–H and O–H groups in total. The van der Waals surface area contributed by atoms with E-state index in [9.17, 15) is 4.39 Å². The van der Waals surface area contributed by atoms with Gasteiger partial charge in [-0.15, -0.1) is 10.2 Å². The number of hydrogen-bond acceptors (Lipinski definition) is 5. The summed E-state index contributed by atoms with van der Waals surface area (Å²) in [7, 11) is 1.54. The molecule has 0 saturated heterocycles. The maximum absolute atomic E-state index is 14.4. The van der Waals surface area contributed by atoms with Gasteiger partial charge in [-0.05, 0) is 64.6 Å². The fraction of sp³-hybridized carbons (Fsp3) is 0.105. The Morgan fingerprint density at radius 3 is 2.78 bits per heavy atom. The lowest BCUT2D eigenvalue weighted by atomic mass is 10.1. The number of benzene rings is 1. The van der Waals surface area contributed by atoms with E-state index >= 15 is 0 Å². The maximum Gasteiger partial charge on any atom is 0.170 e. The van der Waals surface area contributed by atoms with Crippen molar-refractivity contribution in [2.45, 2.75) is 6.54 Å². The van der Waals surface area contributed by atoms with Crippen LogP contribution in [0.15, 0.2) is 55.1 Å². The molecule has 0 aliphatic rings. The number of anilines is 1. The Morgan fingerprint density at radius 2 is 2.00 bits per heavy atom. The molecule has 0 atom stereocenters. The largest absolute Gasteiger partial charge is 0.496 e. The minimum absolute atomic E-state index is 0.272. The molecule has 4 rings (SSSR count). The van der Waals surface area contributed by atoms with E-state index in [0.29, 0.717) is 17.0 Å². The molecule has 0 unspecified atom stereocenters. The second-order valence-electron chi connectivity index (χ2n) is 5.81. The van der Waals surface area contributed by atoms with Crippen molar-refractivity contribution in [1.82, 2.24) is 19.6 Å². The lowest BCUT2D eigenvalue weighted by molar-refractivity contribution is 0.405. The van der Waals surface area contributed by atoms with Crippen LogP contribution in [-0.2, 0) is 6.54 Å². The first-order valence-corrected chi connectivity index (χ1v) is 9.24. The highest BCUT2D eigenvalue weighted by Gasteiger charge is 2.13. The fourth-order valence-electron chi connectivity index (χ4n) is 2.93. The summed E-state index contributed by atoms with van der Waals surface area (Å²) in [6, 6.07) is 11.0. The van der Waals surface area contributed by atoms with Crippen molar-refractivity contribution in [3.05, 3.63) is 70.1 Å². The first kappa shape index (κ1) is 17.7. The molecular weight excluding hydrogens is 460 g/mol. The summed E-state index contributed by atoms with van der Waals surface area (Å²) in [6.07, 6.45) is 5.10. The molecular formula is C19H15FIN5O. The molecule has 0 aliphatic heterocycles. The SMILES string of the molecule is COc1cc(I)cc(F)c1CNc1ccc(-c2ccncc2)c2nncn12. The Balaban J connectivity index is 1.68. The van der Waals surface area contributed by atoms with Gasteiger partial charge in [0, 0.05) is 33.6 Å². The van der Waals surface area contributed by atoms with Gasteiger partial charge in [0.05, 0.1) is 7.11 Å². The number of rotatable bonds is 5. The molecule has 0 fully saturated rings. The van der Waals surface area contributed by atoms with Crippen LogP contribution in [0, 0.1) is 9.39 Å². The van der Waals surface area contributed by atoms with Crippen molar-refractivity contribution in [3.63, 3.8) is 0 Å². The number of pyridine rings is 2. The average Bonchev–Trinajstić information content (AvgIpc) is 3.17. The molecule has 6 nitrogen and oxygen atoms in total. The summed E-state index contributed by atoms with van der Waals surface area (Å²) < 4.78 is 22.3. The summed E-state index contributed by atoms with van der Waals surface area (Å²) in [6.45, 7) is 0.272. The summed E-state index contributed by atoms with van der Waals surface area (Å²) in [5, 5.41) is 11.5. The molecule has 4 aromatic rings. The van der Waals surface area contributed by atoms with E-state index in [1.54, 1.807) is 18.7 Å². The predicted molar refractivity (Wildman–Crippen MR) is 109 cm³/mol. The van der Waals surface area contributed by atoms with Gasteiger partial charge >= 0.3 is 0 Å². The first-order valence-electron chi connectivity index (χ1n) is 8.16. The lowest BCUT2D eigenvalue weighted by Gasteiger charge is -2.14. The van der Waals surface area contributed by atoms with E-state index in [4.69, 9.17) is 4.74 Å². The van der Waals surface area contributed by atoms with Crippen molar-refractivity contribution in [2.75, 3.05) is 12.4 Å². The summed E-state index contributed by atoms with van der Waals surface area (Å²) in [5.74, 6) is 0.966. The van der Waals surface area contributed by atoms with Crippen LogP contribution >= 0.6 is 22.6 Å². The summed E-state index contributed by atoms with van der Waals surface area (Å²) in [5.41, 5.74) is 3.12. The van der Waals surface area contributed by atoms with E-state index in [1.807, 2.05) is 34.7 Å². The average molecular weight is 475 g/mol. The van der Waals surface area contributed by atoms with Crippen LogP contribution in [0.5, 0.6) is 5.75 Å². The smallest absolute Gasteiger partial charge is 0.170 e. The van der Waals surface area contributed by atoms with Crippen molar-refractivity contribution < 1.29 is 9.13 Å². The van der Waals surface area contributed by atoms with Crippen LogP contribution in [0.2, 0.25) is 0 Å². The number of halogens is 2. The van der Waals surface area contributed by atoms with E-state index < -0.39 is 0 Å². The Morgan fingerprint density at radius 1 is 1.19 bits per heavy atom. The van der Waals surface area contributed by atoms with Crippen molar-refractivity contribution in [2.24, 2.45) is 0 Å². The van der Waals surface area contributed by atoms with Gasteiger partial charge < -0.3 is 10.1 Å². The molecule has 27 heavy (non-hydrogen) atoms. The third kappa shape index (κ3) is 3.44. The van der Waals surface area contributed by atoms with Gasteiger partial charge in [0.15, 0.2) is 5.65 Å². The zero-order valence-electron chi connectivity index (χ0n) is 14.4. The number of fused-ring (bicyclic) bond motifs is 1. The number of methoxy groups -OCH3 is 1. The third-order valence-electron chi connectivity index (χ3n) is 4.23. The predicted octanol–water partition coefficient (Wildman–Crippen LogP) is 4.16. The van der Waals surface area contributed by atoms with E-state index in [2.05, 4.69) is 43.1 Å². The number of ether oxygens (including phenoxy) is 1. The lowest BCUT2D eigenvalue weighted by Crippen LogP contribution is -2.08. The minimum Gasteiger partial charge on any atom is -0.496 e. The molecule has 136 valence electrons. The van der Waals surface area contributed by atoms with Gasteiger partial charge in [-0.25, -0.2) is 4.39 Å². The standard InChI is InChI=1S/C19H15FIN5O/c1-27-17-9-13(21)8-16(20)15(17)10-23-18-3-2-14(12-4-6-22-7-5-12)19-25-24-11-26(18)19/h2-9,11,23H,10H2,1H3. The molecule has 0 aliphatic carbocycles. The number of nitrogens with zero attached hydrogens (tertiary/aromatic N) is 4. The molecule has 3 heterocycles. The Kier molecular flexibility index (Phi) is 4.88. The summed E-state index contributed by atoms with van der Waals surface area (Å²) in [4.78, 5) is 4.05. The van der Waals surface area contributed by atoms with Crippen LogP contribution in [0.4, 0.5) is 10.2 Å². The van der Waals surface area contributed by atoms with Crippen LogP contribution in [0.3, 0.4) is 0 Å². The maximum atomic E-state index is 14.4. The molecule has 8 heteroatoms. The highest BCUT2D eigenvalue weighted by Crippen LogP contribution is 2.28. The zero-order chi connectivity index (χ0) is 18.8. The highest BCUT2D eigenvalue weighted by molar-refractivity contribution is 14.1. The number of nitrogens with one attached hydrogen (secondary N) is 1. The number of hydrogen-bond donors (Lipinski definition) is 1. The van der Waals surface area contributed by atoms with Gasteiger partial charge in [0.1, 0.15) is 23.7 Å². The number of aromatic nitrogens is 4. The van der Waals surface area contributed by atoms with Crippen LogP contribution in [-0.4, -0.2) is 26.7 Å². The minimum atomic E-state index is -0.306. The molecule has 0 amide bonds. The van der Waals surface area contributed by atoms with Gasteiger partial charge in [-0.2, -0.15) is 0 Å². The quantitative estimate of drug-likeness (QED) is 0.440. The molecule has 1 aromatic carbocycles. The first-order chi connectivity index (χ1) is 13.2. The van der Waals surface area contributed by atoms with Crippen molar-refractivity contribution in [3.8, 4) is 16.9 Å². The second-order valence-corrected chi connectivity index (χ2v) is 7.06. The van der Waals surface area contributed by atoms with Crippen LogP contribution < -0.4 is 10.1 Å². The van der Waals surface area contributed by atoms with Crippen molar-refractivity contribution in [1.29, 1.82) is 0 Å². The molecule has 0 spiro atoms. The molecule has 0 radical (unpaired) electrons. The summed E-state index contributed by atoms with van der Waals surface area (Å²) >= 11 is 2.07. The fourth-order valence-corrected chi connectivity index (χ4v) is 3.48. The van der Waals surface area contributed by atoms with Crippen LogP contribution in [0.25, 0.3) is 16.8 Å². The van der Waals surface area contributed by atoms with Crippen molar-refractivity contribution >= 4 is 34.1 Å². The van der Waals surface area contributed by atoms with Crippen LogP contribution in [0.1, 0.15) is 5.56 Å². The Hall–Kier alpha value is -2.75. The van der Waals surface area contributed by atoms with E-state index in [0.717, 1.165) is 20.5 Å². The van der Waals surface area contributed by atoms with Gasteiger partial charge in [0.25, 0.3) is 0 Å².